The molecule has 0 fully saturated rings. The van der Waals surface area contributed by atoms with Gasteiger partial charge in [0.15, 0.2) is 0 Å². The van der Waals surface area contributed by atoms with E-state index in [1.54, 1.807) is 0 Å². The predicted molar refractivity (Wildman–Crippen MR) is 45.6 cm³/mol. The second-order valence-corrected chi connectivity index (χ2v) is 2.90. The molecule has 0 aliphatic carbocycles. The van der Waals surface area contributed by atoms with Crippen molar-refractivity contribution in [1.82, 2.24) is 4.90 Å². The lowest BCUT2D eigenvalue weighted by Crippen LogP contribution is -2.27. The second kappa shape index (κ2) is 3.41. The summed E-state index contributed by atoms with van der Waals surface area (Å²) in [4.78, 5) is 22.6. The average Bonchev–Trinajstić information content (AvgIpc) is 2.07. The molecule has 1 aliphatic heterocycles. The summed E-state index contributed by atoms with van der Waals surface area (Å²) in [5, 5.41) is 26.6. The summed E-state index contributed by atoms with van der Waals surface area (Å²) in [6.07, 6.45) is 1.18. The molecule has 1 aliphatic rings. The molecule has 0 aromatic carbocycles. The third kappa shape index (κ3) is 1.68. The summed E-state index contributed by atoms with van der Waals surface area (Å²) in [6, 6.07) is 0. The summed E-state index contributed by atoms with van der Waals surface area (Å²) < 4.78 is 0. The molecule has 3 N–H and O–H groups in total. The molecule has 0 spiro atoms. The minimum atomic E-state index is -1.35. The summed E-state index contributed by atoms with van der Waals surface area (Å²) in [5.41, 5.74) is -0.719. The van der Waals surface area contributed by atoms with Crippen molar-refractivity contribution < 1.29 is 24.9 Å². The fourth-order valence-electron chi connectivity index (χ4n) is 1.14. The van der Waals surface area contributed by atoms with E-state index in [9.17, 15) is 14.7 Å². The number of carbonyl (C=O) groups is 2. The van der Waals surface area contributed by atoms with Crippen LogP contribution in [-0.4, -0.2) is 45.8 Å². The van der Waals surface area contributed by atoms with E-state index in [4.69, 9.17) is 10.2 Å². The highest BCUT2D eigenvalue weighted by Crippen LogP contribution is 2.19. The molecule has 0 saturated carbocycles. The highest BCUT2D eigenvalue weighted by molar-refractivity contribution is 5.97. The Morgan fingerprint density at radius 3 is 2.36 bits per heavy atom. The van der Waals surface area contributed by atoms with Crippen molar-refractivity contribution in [3.8, 4) is 0 Å². The summed E-state index contributed by atoms with van der Waals surface area (Å²) in [5.74, 6) is -3.35. The fraction of sp³-hybridized carbons (Fsp3) is 0.250. The number of hydrogen-bond acceptors (Lipinski definition) is 4. The number of rotatable bonds is 2. The Kier molecular flexibility index (Phi) is 2.46. The average molecular weight is 199 g/mol. The van der Waals surface area contributed by atoms with Gasteiger partial charge in [-0.25, -0.2) is 9.59 Å². The fourth-order valence-corrected chi connectivity index (χ4v) is 1.14. The quantitative estimate of drug-likeness (QED) is 0.569. The first-order valence-corrected chi connectivity index (χ1v) is 3.74. The van der Waals surface area contributed by atoms with E-state index in [0.717, 1.165) is 0 Å². The normalized spacial score (nSPS) is 16.6. The highest BCUT2D eigenvalue weighted by Gasteiger charge is 2.26. The molecule has 14 heavy (non-hydrogen) atoms. The molecule has 0 radical (unpaired) electrons. The smallest absolute Gasteiger partial charge is 0.340 e. The molecule has 1 heterocycles. The molecule has 76 valence electrons. The van der Waals surface area contributed by atoms with Crippen LogP contribution in [0, 0.1) is 0 Å². The van der Waals surface area contributed by atoms with Crippen LogP contribution in [-0.2, 0) is 9.59 Å². The third-order valence-electron chi connectivity index (χ3n) is 1.79. The minimum absolute atomic E-state index is 0.0159. The molecule has 0 bridgehead atoms. The number of carboxylic acids is 2. The molecule has 0 saturated heterocycles. The summed E-state index contributed by atoms with van der Waals surface area (Å²) >= 11 is 0. The number of likely N-dealkylation sites (N-methyl/N-ethyl adjacent to an activating group) is 1. The van der Waals surface area contributed by atoms with Crippen LogP contribution in [0.5, 0.6) is 0 Å². The number of aliphatic hydroxyl groups is 1. The molecular formula is C8H9NO5. The number of aliphatic hydroxyl groups excluding tert-OH is 1. The van der Waals surface area contributed by atoms with E-state index in [2.05, 4.69) is 0 Å². The maximum Gasteiger partial charge on any atom is 0.340 e. The molecule has 1 rings (SSSR count). The van der Waals surface area contributed by atoms with Crippen LogP contribution >= 0.6 is 0 Å². The molecule has 0 amide bonds. The van der Waals surface area contributed by atoms with Crippen molar-refractivity contribution in [2.75, 3.05) is 13.6 Å². The molecule has 0 atom stereocenters. The highest BCUT2D eigenvalue weighted by atomic mass is 16.4. The van der Waals surface area contributed by atoms with Gasteiger partial charge in [0.2, 0.25) is 0 Å². The van der Waals surface area contributed by atoms with E-state index >= 15 is 0 Å². The zero-order valence-corrected chi connectivity index (χ0v) is 7.39. The zero-order chi connectivity index (χ0) is 10.9. The van der Waals surface area contributed by atoms with Gasteiger partial charge in [-0.2, -0.15) is 0 Å². The van der Waals surface area contributed by atoms with Gasteiger partial charge in [-0.3, -0.25) is 0 Å². The Morgan fingerprint density at radius 1 is 1.36 bits per heavy atom. The van der Waals surface area contributed by atoms with Gasteiger partial charge in [0.25, 0.3) is 0 Å². The minimum Gasteiger partial charge on any atom is -0.506 e. The van der Waals surface area contributed by atoms with Gasteiger partial charge in [-0.05, 0) is 0 Å². The van der Waals surface area contributed by atoms with E-state index in [1.165, 1.54) is 18.1 Å². The maximum atomic E-state index is 10.6. The van der Waals surface area contributed by atoms with Gasteiger partial charge in [0, 0.05) is 13.2 Å². The summed E-state index contributed by atoms with van der Waals surface area (Å²) in [6.45, 7) is -0.0159. The molecule has 0 unspecified atom stereocenters. The largest absolute Gasteiger partial charge is 0.506 e. The third-order valence-corrected chi connectivity index (χ3v) is 1.79. The Labute approximate surface area is 79.4 Å². The van der Waals surface area contributed by atoms with Crippen LogP contribution in [0.4, 0.5) is 0 Å². The summed E-state index contributed by atoms with van der Waals surface area (Å²) in [7, 11) is 1.53. The zero-order valence-electron chi connectivity index (χ0n) is 7.39. The number of carboxylic acid groups (broad SMARTS) is 2. The Hall–Kier alpha value is -1.98. The maximum absolute atomic E-state index is 10.6. The predicted octanol–water partition coefficient (Wildman–Crippen LogP) is -0.203. The SMILES string of the molecule is CN1C=C(C(=O)O)C(O)=C(C(=O)O)C1. The van der Waals surface area contributed by atoms with Crippen LogP contribution in [0.1, 0.15) is 0 Å². The van der Waals surface area contributed by atoms with Gasteiger partial charge in [0.1, 0.15) is 11.3 Å². The van der Waals surface area contributed by atoms with Crippen molar-refractivity contribution in [2.45, 2.75) is 0 Å². The van der Waals surface area contributed by atoms with Gasteiger partial charge in [0.05, 0.1) is 12.1 Å². The number of aliphatic carboxylic acids is 2. The van der Waals surface area contributed by atoms with Gasteiger partial charge < -0.3 is 20.2 Å². The van der Waals surface area contributed by atoms with Crippen LogP contribution in [0.3, 0.4) is 0 Å². The van der Waals surface area contributed by atoms with E-state index < -0.39 is 23.3 Å². The van der Waals surface area contributed by atoms with Crippen molar-refractivity contribution in [2.24, 2.45) is 0 Å². The lowest BCUT2D eigenvalue weighted by molar-refractivity contribution is -0.133. The molecular weight excluding hydrogens is 190 g/mol. The lowest BCUT2D eigenvalue weighted by atomic mass is 10.1. The van der Waals surface area contributed by atoms with E-state index in [1.807, 2.05) is 0 Å². The Bertz CT molecular complexity index is 355. The number of hydrogen-bond donors (Lipinski definition) is 3. The first kappa shape index (κ1) is 10.1. The van der Waals surface area contributed by atoms with E-state index in [0.29, 0.717) is 0 Å². The Balaban J connectivity index is 3.18. The van der Waals surface area contributed by atoms with Crippen LogP contribution < -0.4 is 0 Å². The molecule has 0 aromatic heterocycles. The second-order valence-electron chi connectivity index (χ2n) is 2.90. The van der Waals surface area contributed by atoms with Crippen molar-refractivity contribution in [3.05, 3.63) is 23.1 Å². The molecule has 0 aromatic rings. The van der Waals surface area contributed by atoms with Gasteiger partial charge in [-0.15, -0.1) is 0 Å². The van der Waals surface area contributed by atoms with Crippen molar-refractivity contribution in [1.29, 1.82) is 0 Å². The van der Waals surface area contributed by atoms with Gasteiger partial charge in [-0.1, -0.05) is 0 Å². The van der Waals surface area contributed by atoms with Crippen LogP contribution in [0.25, 0.3) is 0 Å². The van der Waals surface area contributed by atoms with Gasteiger partial charge >= 0.3 is 11.9 Å². The first-order valence-electron chi connectivity index (χ1n) is 3.74. The number of nitrogens with zero attached hydrogens (tertiary/aromatic N) is 1. The monoisotopic (exact) mass is 199 g/mol. The topological polar surface area (TPSA) is 98.1 Å². The van der Waals surface area contributed by atoms with Crippen LogP contribution in [0.2, 0.25) is 0 Å². The first-order chi connectivity index (χ1) is 6.43. The molecule has 6 heteroatoms. The van der Waals surface area contributed by atoms with Crippen LogP contribution in [0.15, 0.2) is 23.1 Å². The lowest BCUT2D eigenvalue weighted by Gasteiger charge is -2.21. The Morgan fingerprint density at radius 2 is 1.93 bits per heavy atom. The van der Waals surface area contributed by atoms with E-state index in [-0.39, 0.29) is 12.1 Å². The standard InChI is InChI=1S/C8H9NO5/c1-9-2-4(7(11)12)6(10)5(3-9)8(13)14/h2,10H,3H2,1H3,(H,11,12)(H,13,14). The van der Waals surface area contributed by atoms with Crippen molar-refractivity contribution >= 4 is 11.9 Å². The van der Waals surface area contributed by atoms with Crippen molar-refractivity contribution in [3.63, 3.8) is 0 Å². The molecule has 6 nitrogen and oxygen atoms in total.